The number of Topliss-reactive ketones (excluding diaryl/α,β-unsaturated/α-hetero) is 1. The Kier molecular flexibility index (Phi) is 8.06. The zero-order valence-electron chi connectivity index (χ0n) is 23.8. The number of hydrogen-bond acceptors (Lipinski definition) is 4. The van der Waals surface area contributed by atoms with Crippen LogP contribution in [0.25, 0.3) is 0 Å². The number of nitrogens with one attached hydrogen (secondary N) is 1. The lowest BCUT2D eigenvalue weighted by Gasteiger charge is -2.35. The topological polar surface area (TPSA) is 52.7 Å². The molecule has 3 aromatic carbocycles. The van der Waals surface area contributed by atoms with Crippen molar-refractivity contribution >= 4 is 28.8 Å². The molecule has 0 spiro atoms. The smallest absolute Gasteiger partial charge is 0.228 e. The van der Waals surface area contributed by atoms with Crippen molar-refractivity contribution in [2.75, 3.05) is 28.2 Å². The molecule has 1 aliphatic carbocycles. The van der Waals surface area contributed by atoms with E-state index in [9.17, 15) is 14.0 Å². The van der Waals surface area contributed by atoms with Gasteiger partial charge in [-0.3, -0.25) is 14.5 Å². The average molecular weight is 540 g/mol. The third kappa shape index (κ3) is 5.40. The maximum Gasteiger partial charge on any atom is 0.228 e. The van der Waals surface area contributed by atoms with Crippen LogP contribution in [0.15, 0.2) is 84.1 Å². The van der Waals surface area contributed by atoms with Gasteiger partial charge in [0.2, 0.25) is 5.91 Å². The van der Waals surface area contributed by atoms with Gasteiger partial charge < -0.3 is 10.2 Å². The highest BCUT2D eigenvalue weighted by Gasteiger charge is 2.41. The lowest BCUT2D eigenvalue weighted by Crippen LogP contribution is -2.39. The van der Waals surface area contributed by atoms with Gasteiger partial charge in [-0.15, -0.1) is 0 Å². The summed E-state index contributed by atoms with van der Waals surface area (Å²) in [4.78, 5) is 32.2. The predicted octanol–water partition coefficient (Wildman–Crippen LogP) is 7.62. The highest BCUT2D eigenvalue weighted by atomic mass is 19.1. The molecular weight excluding hydrogens is 501 g/mol. The molecule has 1 aliphatic heterocycles. The number of rotatable bonds is 7. The van der Waals surface area contributed by atoms with Crippen LogP contribution >= 0.6 is 0 Å². The maximum absolute atomic E-state index is 14.1. The Bertz CT molecular complexity index is 1410. The highest BCUT2D eigenvalue weighted by Crippen LogP contribution is 2.47. The summed E-state index contributed by atoms with van der Waals surface area (Å²) in [7, 11) is 0. The number of carbonyl (C=O) groups is 2. The SMILES string of the molecule is CCN(CC)c1ccc(C2C3=C(CC(c4ccc(F)cc4)CC3=O)Nc3ccccc3N2C(=O)CC(C)C)cc1. The van der Waals surface area contributed by atoms with E-state index in [1.807, 2.05) is 43.0 Å². The van der Waals surface area contributed by atoms with Crippen LogP contribution < -0.4 is 15.1 Å². The van der Waals surface area contributed by atoms with Crippen molar-refractivity contribution in [3.63, 3.8) is 0 Å². The molecule has 0 aromatic heterocycles. The fourth-order valence-electron chi connectivity index (χ4n) is 6.06. The van der Waals surface area contributed by atoms with Crippen molar-refractivity contribution in [2.45, 2.75) is 58.9 Å². The molecule has 1 amide bonds. The normalized spacial score (nSPS) is 18.6. The molecule has 1 heterocycles. The van der Waals surface area contributed by atoms with E-state index in [1.165, 1.54) is 12.1 Å². The van der Waals surface area contributed by atoms with Crippen LogP contribution in [-0.4, -0.2) is 24.8 Å². The number of halogens is 1. The average Bonchev–Trinajstić information content (AvgIpc) is 3.09. The summed E-state index contributed by atoms with van der Waals surface area (Å²) in [5.41, 5.74) is 6.01. The second-order valence-corrected chi connectivity index (χ2v) is 11.1. The van der Waals surface area contributed by atoms with Crippen molar-refractivity contribution in [1.29, 1.82) is 0 Å². The lowest BCUT2D eigenvalue weighted by atomic mass is 9.78. The van der Waals surface area contributed by atoms with E-state index in [0.29, 0.717) is 24.8 Å². The zero-order valence-corrected chi connectivity index (χ0v) is 23.8. The van der Waals surface area contributed by atoms with Crippen LogP contribution in [0.5, 0.6) is 0 Å². The number of para-hydroxylation sites is 2. The monoisotopic (exact) mass is 539 g/mol. The Labute approximate surface area is 236 Å². The number of anilines is 3. The van der Waals surface area contributed by atoms with Crippen LogP contribution in [0.1, 0.15) is 70.0 Å². The number of ketones is 1. The summed E-state index contributed by atoms with van der Waals surface area (Å²) >= 11 is 0. The number of allylic oxidation sites excluding steroid dienone is 1. The van der Waals surface area contributed by atoms with Crippen LogP contribution in [0.2, 0.25) is 0 Å². The molecule has 208 valence electrons. The molecule has 3 aromatic rings. The van der Waals surface area contributed by atoms with Crippen molar-refractivity contribution in [3.05, 3.63) is 101 Å². The first-order valence-electron chi connectivity index (χ1n) is 14.3. The lowest BCUT2D eigenvalue weighted by molar-refractivity contribution is -0.119. The van der Waals surface area contributed by atoms with E-state index >= 15 is 0 Å². The van der Waals surface area contributed by atoms with Gasteiger partial charge in [0.05, 0.1) is 17.4 Å². The summed E-state index contributed by atoms with van der Waals surface area (Å²) in [6.07, 6.45) is 1.28. The molecule has 6 heteroatoms. The molecule has 0 fully saturated rings. The molecule has 0 saturated carbocycles. The van der Waals surface area contributed by atoms with Crippen molar-refractivity contribution in [3.8, 4) is 0 Å². The molecule has 2 aliphatic rings. The van der Waals surface area contributed by atoms with Gasteiger partial charge in [-0.05, 0) is 79.6 Å². The van der Waals surface area contributed by atoms with Crippen LogP contribution in [0.3, 0.4) is 0 Å². The molecule has 5 rings (SSSR count). The van der Waals surface area contributed by atoms with Crippen molar-refractivity contribution in [2.24, 2.45) is 5.92 Å². The van der Waals surface area contributed by atoms with Crippen molar-refractivity contribution < 1.29 is 14.0 Å². The summed E-state index contributed by atoms with van der Waals surface area (Å²) < 4.78 is 13.7. The number of nitrogens with zero attached hydrogens (tertiary/aromatic N) is 2. The second kappa shape index (κ2) is 11.7. The van der Waals surface area contributed by atoms with Crippen LogP contribution in [-0.2, 0) is 9.59 Å². The first-order valence-corrected chi connectivity index (χ1v) is 14.3. The van der Waals surface area contributed by atoms with Gasteiger partial charge in [0.15, 0.2) is 5.78 Å². The minimum Gasteiger partial charge on any atom is -0.372 e. The van der Waals surface area contributed by atoms with Gasteiger partial charge >= 0.3 is 0 Å². The first-order chi connectivity index (χ1) is 19.3. The molecule has 0 saturated heterocycles. The second-order valence-electron chi connectivity index (χ2n) is 11.1. The first kappa shape index (κ1) is 27.6. The molecule has 40 heavy (non-hydrogen) atoms. The summed E-state index contributed by atoms with van der Waals surface area (Å²) in [6, 6.07) is 22.0. The maximum atomic E-state index is 14.1. The van der Waals surface area contributed by atoms with Gasteiger partial charge in [0.25, 0.3) is 0 Å². The quantitative estimate of drug-likeness (QED) is 0.336. The van der Waals surface area contributed by atoms with E-state index in [1.54, 1.807) is 12.1 Å². The van der Waals surface area contributed by atoms with Gasteiger partial charge in [-0.2, -0.15) is 0 Å². The van der Waals surface area contributed by atoms with Crippen LogP contribution in [0.4, 0.5) is 21.5 Å². The fourth-order valence-corrected chi connectivity index (χ4v) is 6.06. The third-order valence-electron chi connectivity index (χ3n) is 8.02. The third-order valence-corrected chi connectivity index (χ3v) is 8.02. The van der Waals surface area contributed by atoms with E-state index < -0.39 is 6.04 Å². The Balaban J connectivity index is 1.67. The molecular formula is C34H38FN3O2. The minimum atomic E-state index is -0.551. The van der Waals surface area contributed by atoms with Gasteiger partial charge in [0, 0.05) is 42.9 Å². The van der Waals surface area contributed by atoms with Crippen LogP contribution in [0, 0.1) is 11.7 Å². The molecule has 0 radical (unpaired) electrons. The molecule has 0 bridgehead atoms. The van der Waals surface area contributed by atoms with Gasteiger partial charge in [-0.25, -0.2) is 4.39 Å². The molecule has 5 nitrogen and oxygen atoms in total. The van der Waals surface area contributed by atoms with E-state index in [0.717, 1.165) is 47.0 Å². The fraction of sp³-hybridized carbons (Fsp3) is 0.353. The number of benzene rings is 3. The molecule has 1 N–H and O–H groups in total. The number of fused-ring (bicyclic) bond motifs is 1. The Morgan fingerprint density at radius 3 is 2.25 bits per heavy atom. The zero-order chi connectivity index (χ0) is 28.4. The molecule has 2 unspecified atom stereocenters. The number of hydrogen-bond donors (Lipinski definition) is 1. The van der Waals surface area contributed by atoms with Gasteiger partial charge in [-0.1, -0.05) is 50.2 Å². The standard InChI is InChI=1S/C34H38FN3O2/c1-5-37(6-2)27-17-13-24(14-18-27)34-33-29(20-25(21-31(33)39)23-11-15-26(35)16-12-23)36-28-9-7-8-10-30(28)38(34)32(40)19-22(3)4/h7-18,22,25,34,36H,5-6,19-21H2,1-4H3. The molecule has 2 atom stereocenters. The summed E-state index contributed by atoms with van der Waals surface area (Å²) in [5, 5.41) is 3.57. The predicted molar refractivity (Wildman–Crippen MR) is 160 cm³/mol. The highest BCUT2D eigenvalue weighted by molar-refractivity contribution is 6.06. The van der Waals surface area contributed by atoms with Gasteiger partial charge in [0.1, 0.15) is 5.82 Å². The van der Waals surface area contributed by atoms with E-state index in [-0.39, 0.29) is 29.3 Å². The Morgan fingerprint density at radius 2 is 1.60 bits per heavy atom. The minimum absolute atomic E-state index is 0.00993. The Hall–Kier alpha value is -3.93. The number of amides is 1. The van der Waals surface area contributed by atoms with E-state index in [2.05, 4.69) is 48.3 Å². The summed E-state index contributed by atoms with van der Waals surface area (Å²) in [5.74, 6) is -0.199. The Morgan fingerprint density at radius 1 is 0.950 bits per heavy atom. The summed E-state index contributed by atoms with van der Waals surface area (Å²) in [6.45, 7) is 10.1. The van der Waals surface area contributed by atoms with E-state index in [4.69, 9.17) is 0 Å². The largest absolute Gasteiger partial charge is 0.372 e. The number of carbonyl (C=O) groups excluding carboxylic acids is 2. The van der Waals surface area contributed by atoms with Crippen molar-refractivity contribution in [1.82, 2.24) is 0 Å².